The van der Waals surface area contributed by atoms with E-state index in [2.05, 4.69) is 0 Å². The van der Waals surface area contributed by atoms with Gasteiger partial charge in [-0.3, -0.25) is 14.4 Å². The van der Waals surface area contributed by atoms with Crippen molar-refractivity contribution in [1.29, 1.82) is 0 Å². The number of Topliss-reactive ketones (excluding diaryl/α,β-unsaturated/α-hetero) is 1. The number of fused-ring (bicyclic) bond motifs is 1. The summed E-state index contributed by atoms with van der Waals surface area (Å²) in [4.78, 5) is 49.2. The number of amides is 2. The van der Waals surface area contributed by atoms with Crippen LogP contribution in [0.4, 0.5) is 5.69 Å². The van der Waals surface area contributed by atoms with E-state index >= 15 is 0 Å². The first-order chi connectivity index (χ1) is 11.9. The number of carbonyl (C=O) groups is 4. The van der Waals surface area contributed by atoms with E-state index < -0.39 is 17.8 Å². The van der Waals surface area contributed by atoms with Gasteiger partial charge in [0, 0.05) is 0 Å². The van der Waals surface area contributed by atoms with Crippen molar-refractivity contribution in [2.75, 3.05) is 11.5 Å². The number of ketones is 1. The molecule has 3 rings (SSSR count). The van der Waals surface area contributed by atoms with Gasteiger partial charge in [0.1, 0.15) is 6.61 Å². The highest BCUT2D eigenvalue weighted by atomic mass is 16.5. The summed E-state index contributed by atoms with van der Waals surface area (Å²) in [6.45, 7) is 2.83. The molecule has 126 valence electrons. The molecule has 0 fully saturated rings. The zero-order chi connectivity index (χ0) is 18.1. The number of hydrogen-bond acceptors (Lipinski definition) is 5. The SMILES string of the molecule is CC(=O)COC(=O)c1ccc2c(c1)C(=O)N(c1cccc(C)c1)C2=O. The van der Waals surface area contributed by atoms with Gasteiger partial charge in [-0.05, 0) is 49.7 Å². The molecule has 0 N–H and O–H groups in total. The number of rotatable bonds is 4. The molecule has 2 aromatic rings. The maximum atomic E-state index is 12.7. The number of ether oxygens (including phenoxy) is 1. The molecule has 1 aliphatic rings. The van der Waals surface area contributed by atoms with Crippen molar-refractivity contribution in [1.82, 2.24) is 0 Å². The van der Waals surface area contributed by atoms with E-state index in [0.29, 0.717) is 5.69 Å². The summed E-state index contributed by atoms with van der Waals surface area (Å²) in [7, 11) is 0. The van der Waals surface area contributed by atoms with Gasteiger partial charge >= 0.3 is 5.97 Å². The number of aryl methyl sites for hydroxylation is 1. The quantitative estimate of drug-likeness (QED) is 0.633. The molecule has 1 aliphatic heterocycles. The van der Waals surface area contributed by atoms with Crippen molar-refractivity contribution in [3.8, 4) is 0 Å². The Kier molecular flexibility index (Phi) is 4.19. The number of benzene rings is 2. The van der Waals surface area contributed by atoms with Gasteiger partial charge in [-0.25, -0.2) is 9.69 Å². The predicted molar refractivity (Wildman–Crippen MR) is 89.7 cm³/mol. The van der Waals surface area contributed by atoms with Crippen molar-refractivity contribution in [3.05, 3.63) is 64.7 Å². The molecule has 0 aliphatic carbocycles. The van der Waals surface area contributed by atoms with E-state index in [-0.39, 0.29) is 29.1 Å². The summed E-state index contributed by atoms with van der Waals surface area (Å²) >= 11 is 0. The number of carbonyl (C=O) groups excluding carboxylic acids is 4. The Morgan fingerprint density at radius 1 is 1.00 bits per heavy atom. The third-order valence-electron chi connectivity index (χ3n) is 3.79. The first kappa shape index (κ1) is 16.6. The summed E-state index contributed by atoms with van der Waals surface area (Å²) in [5, 5.41) is 0. The number of hydrogen-bond donors (Lipinski definition) is 0. The Balaban J connectivity index is 1.93. The molecule has 2 amide bonds. The second-order valence-electron chi connectivity index (χ2n) is 5.82. The number of nitrogens with zero attached hydrogens (tertiary/aromatic N) is 1. The number of esters is 1. The predicted octanol–water partition coefficient (Wildman–Crippen LogP) is 2.54. The zero-order valence-electron chi connectivity index (χ0n) is 13.7. The number of anilines is 1. The summed E-state index contributed by atoms with van der Waals surface area (Å²) in [5.41, 5.74) is 1.89. The first-order valence-electron chi connectivity index (χ1n) is 7.64. The van der Waals surface area contributed by atoms with E-state index in [9.17, 15) is 19.2 Å². The molecule has 25 heavy (non-hydrogen) atoms. The standard InChI is InChI=1S/C19H15NO5/c1-11-4-3-5-14(8-11)20-17(22)15-7-6-13(9-16(15)18(20)23)19(24)25-10-12(2)21/h3-9H,10H2,1-2H3. The highest BCUT2D eigenvalue weighted by Gasteiger charge is 2.37. The van der Waals surface area contributed by atoms with Crippen LogP contribution in [0, 0.1) is 6.92 Å². The molecule has 0 aromatic heterocycles. The smallest absolute Gasteiger partial charge is 0.338 e. The van der Waals surface area contributed by atoms with Crippen LogP contribution in [0.25, 0.3) is 0 Å². The van der Waals surface area contributed by atoms with Crippen LogP contribution in [0.3, 0.4) is 0 Å². The summed E-state index contributed by atoms with van der Waals surface area (Å²) in [5.74, 6) is -1.93. The van der Waals surface area contributed by atoms with Crippen LogP contribution >= 0.6 is 0 Å². The lowest BCUT2D eigenvalue weighted by atomic mass is 10.1. The van der Waals surface area contributed by atoms with Crippen LogP contribution in [0.15, 0.2) is 42.5 Å². The van der Waals surface area contributed by atoms with E-state index in [4.69, 9.17) is 4.74 Å². The molecule has 2 aromatic carbocycles. The second kappa shape index (κ2) is 6.32. The number of imide groups is 1. The van der Waals surface area contributed by atoms with E-state index in [1.807, 2.05) is 13.0 Å². The van der Waals surface area contributed by atoms with E-state index in [1.165, 1.54) is 25.1 Å². The maximum Gasteiger partial charge on any atom is 0.338 e. The monoisotopic (exact) mass is 337 g/mol. The van der Waals surface area contributed by atoms with Gasteiger partial charge in [0.2, 0.25) is 0 Å². The molecule has 0 saturated heterocycles. The maximum absolute atomic E-state index is 12.7. The minimum atomic E-state index is -0.716. The average Bonchev–Trinajstić information content (AvgIpc) is 2.83. The van der Waals surface area contributed by atoms with Crippen LogP contribution < -0.4 is 4.90 Å². The summed E-state index contributed by atoms with van der Waals surface area (Å²) < 4.78 is 4.84. The van der Waals surface area contributed by atoms with Crippen LogP contribution in [0.5, 0.6) is 0 Å². The second-order valence-corrected chi connectivity index (χ2v) is 5.82. The normalized spacial score (nSPS) is 13.0. The largest absolute Gasteiger partial charge is 0.454 e. The first-order valence-corrected chi connectivity index (χ1v) is 7.64. The highest BCUT2D eigenvalue weighted by molar-refractivity contribution is 6.34. The van der Waals surface area contributed by atoms with Crippen molar-refractivity contribution in [3.63, 3.8) is 0 Å². The third kappa shape index (κ3) is 3.06. The fourth-order valence-corrected chi connectivity index (χ4v) is 2.62. The highest BCUT2D eigenvalue weighted by Crippen LogP contribution is 2.29. The van der Waals surface area contributed by atoms with Gasteiger partial charge in [0.05, 0.1) is 22.4 Å². The van der Waals surface area contributed by atoms with Crippen molar-refractivity contribution in [2.24, 2.45) is 0 Å². The van der Waals surface area contributed by atoms with Gasteiger partial charge < -0.3 is 4.74 Å². The molecule has 0 saturated carbocycles. The van der Waals surface area contributed by atoms with E-state index in [1.54, 1.807) is 18.2 Å². The fourth-order valence-electron chi connectivity index (χ4n) is 2.62. The van der Waals surface area contributed by atoms with Crippen LogP contribution in [-0.4, -0.2) is 30.2 Å². The molecular weight excluding hydrogens is 322 g/mol. The van der Waals surface area contributed by atoms with Crippen molar-refractivity contribution in [2.45, 2.75) is 13.8 Å². The molecule has 0 bridgehead atoms. The van der Waals surface area contributed by atoms with Crippen LogP contribution in [0.2, 0.25) is 0 Å². The molecule has 0 atom stereocenters. The summed E-state index contributed by atoms with van der Waals surface area (Å²) in [6, 6.07) is 11.2. The van der Waals surface area contributed by atoms with Gasteiger partial charge in [-0.1, -0.05) is 12.1 Å². The van der Waals surface area contributed by atoms with Crippen molar-refractivity contribution >= 4 is 29.3 Å². The lowest BCUT2D eigenvalue weighted by Crippen LogP contribution is -2.29. The van der Waals surface area contributed by atoms with Gasteiger partial charge in [0.25, 0.3) is 11.8 Å². The molecule has 0 spiro atoms. The molecule has 6 nitrogen and oxygen atoms in total. The minimum absolute atomic E-state index is 0.118. The minimum Gasteiger partial charge on any atom is -0.454 e. The average molecular weight is 337 g/mol. The van der Waals surface area contributed by atoms with Gasteiger partial charge in [-0.2, -0.15) is 0 Å². The molecule has 0 radical (unpaired) electrons. The Labute approximate surface area is 144 Å². The van der Waals surface area contributed by atoms with Crippen LogP contribution in [0.1, 0.15) is 43.6 Å². The lowest BCUT2D eigenvalue weighted by Gasteiger charge is -2.14. The van der Waals surface area contributed by atoms with Gasteiger partial charge in [0.15, 0.2) is 5.78 Å². The molecular formula is C19H15NO5. The molecule has 1 heterocycles. The van der Waals surface area contributed by atoms with Crippen molar-refractivity contribution < 1.29 is 23.9 Å². The molecule has 0 unspecified atom stereocenters. The van der Waals surface area contributed by atoms with E-state index in [0.717, 1.165) is 10.5 Å². The van der Waals surface area contributed by atoms with Crippen LogP contribution in [-0.2, 0) is 9.53 Å². The Morgan fingerprint density at radius 2 is 1.72 bits per heavy atom. The zero-order valence-corrected chi connectivity index (χ0v) is 13.7. The fraction of sp³-hybridized carbons (Fsp3) is 0.158. The van der Waals surface area contributed by atoms with Gasteiger partial charge in [-0.15, -0.1) is 0 Å². The Bertz CT molecular complexity index is 916. The molecule has 6 heteroatoms. The topological polar surface area (TPSA) is 80.8 Å². The summed E-state index contributed by atoms with van der Waals surface area (Å²) in [6.07, 6.45) is 0. The Morgan fingerprint density at radius 3 is 2.40 bits per heavy atom. The third-order valence-corrected chi connectivity index (χ3v) is 3.79. The lowest BCUT2D eigenvalue weighted by molar-refractivity contribution is -0.120. The Hall–Kier alpha value is -3.28.